The van der Waals surface area contributed by atoms with Gasteiger partial charge in [-0.1, -0.05) is 74.5 Å². The maximum absolute atomic E-state index is 15.1. The molecule has 2 saturated heterocycles. The van der Waals surface area contributed by atoms with Gasteiger partial charge >= 0.3 is 11.9 Å². The highest BCUT2D eigenvalue weighted by atomic mass is 32.2. The first-order chi connectivity index (χ1) is 45.5. The van der Waals surface area contributed by atoms with Gasteiger partial charge in [-0.05, 0) is 104 Å². The molecule has 0 saturated carbocycles. The van der Waals surface area contributed by atoms with Crippen LogP contribution in [0, 0.1) is 5.92 Å². The van der Waals surface area contributed by atoms with Crippen molar-refractivity contribution in [3.05, 3.63) is 102 Å². The van der Waals surface area contributed by atoms with E-state index in [1.807, 2.05) is 6.26 Å². The summed E-state index contributed by atoms with van der Waals surface area (Å²) in [5.74, 6) is -12.9. The molecule has 1 aromatic heterocycles. The highest BCUT2D eigenvalue weighted by Gasteiger charge is 2.41. The van der Waals surface area contributed by atoms with E-state index < -0.39 is 162 Å². The maximum Gasteiger partial charge on any atom is 0.326 e. The third-order valence-corrected chi connectivity index (χ3v) is 17.7. The monoisotopic (exact) mass is 1360 g/mol. The quantitative estimate of drug-likeness (QED) is 0.0271. The normalized spacial score (nSPS) is 21.4. The molecule has 0 radical (unpaired) electrons. The van der Waals surface area contributed by atoms with E-state index in [1.54, 1.807) is 74.6 Å². The van der Waals surface area contributed by atoms with Crippen molar-refractivity contribution < 1.29 is 77.6 Å². The number of nitrogens with one attached hydrogen (secondary N) is 11. The van der Waals surface area contributed by atoms with Crippen LogP contribution in [0.4, 0.5) is 0 Å². The van der Waals surface area contributed by atoms with Gasteiger partial charge in [0.05, 0.1) is 12.2 Å². The van der Waals surface area contributed by atoms with Crippen molar-refractivity contribution in [2.45, 2.75) is 145 Å². The van der Waals surface area contributed by atoms with Crippen molar-refractivity contribution in [2.24, 2.45) is 11.7 Å². The number of nitrogens with zero attached hydrogens (tertiary/aromatic N) is 1. The number of aromatic hydroxyl groups is 1. The number of phenolic OH excluding ortho intramolecular Hbond substituents is 1. The first-order valence-corrected chi connectivity index (χ1v) is 33.8. The number of H-pyrrole nitrogens is 1. The molecule has 31 heteroatoms. The Morgan fingerprint density at radius 2 is 1.36 bits per heavy atom. The maximum atomic E-state index is 15.1. The molecule has 16 N–H and O–H groups in total. The smallest absolute Gasteiger partial charge is 0.326 e. The third kappa shape index (κ3) is 23.0. The van der Waals surface area contributed by atoms with Gasteiger partial charge in [-0.3, -0.25) is 57.5 Å². The number of fused-ring (bicyclic) bond motifs is 1. The molecule has 514 valence electrons. The number of rotatable bonds is 26. The zero-order valence-electron chi connectivity index (χ0n) is 53.0. The summed E-state index contributed by atoms with van der Waals surface area (Å²) in [6.07, 6.45) is 3.04. The van der Waals surface area contributed by atoms with Crippen molar-refractivity contribution in [3.63, 3.8) is 0 Å². The Hall–Kier alpha value is -9.23. The number of benzene rings is 3. The van der Waals surface area contributed by atoms with Crippen LogP contribution in [0.5, 0.6) is 5.75 Å². The average Bonchev–Trinajstić information content (AvgIpc) is 1.78. The van der Waals surface area contributed by atoms with Crippen molar-refractivity contribution in [2.75, 3.05) is 43.1 Å². The molecule has 2 aliphatic rings. The number of amides is 11. The highest BCUT2D eigenvalue weighted by Crippen LogP contribution is 2.23. The predicted molar refractivity (Wildman–Crippen MR) is 353 cm³/mol. The number of nitrogens with two attached hydrogens (primary N) is 1. The summed E-state index contributed by atoms with van der Waals surface area (Å²) >= 11 is 2.36. The number of aromatic amines is 1. The van der Waals surface area contributed by atoms with Gasteiger partial charge in [-0.15, -0.1) is 11.8 Å². The minimum Gasteiger partial charge on any atom is -0.508 e. The molecule has 2 aliphatic heterocycles. The van der Waals surface area contributed by atoms with E-state index in [-0.39, 0.29) is 69.5 Å². The second-order valence-corrected chi connectivity index (χ2v) is 25.5. The average molecular weight is 1360 g/mol. The van der Waals surface area contributed by atoms with Gasteiger partial charge in [0.15, 0.2) is 0 Å². The van der Waals surface area contributed by atoms with Crippen LogP contribution in [0.1, 0.15) is 81.9 Å². The molecule has 3 heterocycles. The predicted octanol–water partition coefficient (Wildman–Crippen LogP) is -0.764. The number of hydrogen-bond acceptors (Lipinski definition) is 17. The van der Waals surface area contributed by atoms with Crippen LogP contribution in [-0.2, 0) is 81.6 Å². The Labute approximate surface area is 557 Å². The lowest BCUT2D eigenvalue weighted by molar-refractivity contribution is -0.144. The van der Waals surface area contributed by atoms with E-state index in [1.165, 1.54) is 40.9 Å². The van der Waals surface area contributed by atoms with E-state index in [4.69, 9.17) is 5.73 Å². The number of carboxylic acid groups (broad SMARTS) is 2. The first-order valence-electron chi connectivity index (χ1n) is 31.3. The number of para-hydroxylation sites is 1. The number of aliphatic carboxylic acids is 2. The minimum atomic E-state index is -1.89. The van der Waals surface area contributed by atoms with Gasteiger partial charge in [0.25, 0.3) is 0 Å². The van der Waals surface area contributed by atoms with E-state index in [9.17, 15) is 68.1 Å². The van der Waals surface area contributed by atoms with Gasteiger partial charge < -0.3 is 84.1 Å². The molecule has 10 atom stereocenters. The van der Waals surface area contributed by atoms with Crippen LogP contribution in [0.25, 0.3) is 10.9 Å². The standard InChI is InChI=1S/C64H85N13O16S2/c1-36(2)54(64(92)93)76-61(89)50-33-95-34-52(80)66-25-23-44(70-60(88)49(31-53(81)82)74-62(90)51-18-10-26-77(51)63(91)45(68-35-78)17-11-27-94-3)56(84)72-46(28-37-12-5-4-6-13-37)57(85)73-48(30-39-32-67-42-15-8-7-14-41(39)42)59(87)69-43(16-9-24-65)55(83)71-47(58(86)75-50)29-38-19-21-40(79)22-20-38/h4-8,12-15,19-22,32,35-36,43-51,54,67,79H,9-11,16-18,23-31,33-34,65H2,1-3H3,(H,66,80)(H,68,78)(H,69,87)(H,70,88)(H,71,83)(H,72,84)(H,73,85)(H,74,90)(H,75,86)(H,76,89)(H,81,82)(H,92,93)/t43-,44-,45-,46-,47-,48-,49-,50-,51-,54-/m0/s1. The summed E-state index contributed by atoms with van der Waals surface area (Å²) < 4.78 is 0. The number of carbonyl (C=O) groups is 13. The molecule has 0 bridgehead atoms. The van der Waals surface area contributed by atoms with Gasteiger partial charge in [0.1, 0.15) is 66.2 Å². The van der Waals surface area contributed by atoms with Crippen LogP contribution >= 0.6 is 23.5 Å². The molecule has 11 amide bonds. The van der Waals surface area contributed by atoms with Crippen LogP contribution in [0.3, 0.4) is 0 Å². The van der Waals surface area contributed by atoms with Gasteiger partial charge in [0.2, 0.25) is 65.5 Å². The molecule has 0 spiro atoms. The molecule has 29 nitrogen and oxygen atoms in total. The fourth-order valence-electron chi connectivity index (χ4n) is 10.9. The molecular formula is C64H85N13O16S2. The summed E-state index contributed by atoms with van der Waals surface area (Å²) in [5, 5.41) is 56.9. The van der Waals surface area contributed by atoms with E-state index in [0.29, 0.717) is 52.6 Å². The topological polar surface area (TPSA) is 448 Å². The SMILES string of the molecule is CSCCC[C@H](NC=O)C(=O)N1CCC[C@H]1C(=O)N[C@@H](CC(=O)O)C(=O)N[C@H]1CCNC(=O)CSC[C@@H](C(=O)N[C@H](C(=O)O)C(C)C)NC(=O)[C@H](Cc2ccc(O)cc2)NC(=O)[C@H](CCCN)NC(=O)[C@H](Cc2c[nH]c3ccccc23)NC(=O)[C@H](Cc2ccccc2)NC1=O. The number of carbonyl (C=O) groups excluding carboxylic acids is 11. The molecule has 2 fully saturated rings. The summed E-state index contributed by atoms with van der Waals surface area (Å²) in [4.78, 5) is 186. The van der Waals surface area contributed by atoms with Crippen LogP contribution in [0.15, 0.2) is 85.1 Å². The lowest BCUT2D eigenvalue weighted by Gasteiger charge is -2.30. The zero-order valence-corrected chi connectivity index (χ0v) is 54.7. The molecule has 4 aromatic rings. The Bertz CT molecular complexity index is 3340. The second-order valence-electron chi connectivity index (χ2n) is 23.5. The fourth-order valence-corrected chi connectivity index (χ4v) is 12.3. The van der Waals surface area contributed by atoms with Gasteiger partial charge in [-0.25, -0.2) is 4.79 Å². The van der Waals surface area contributed by atoms with E-state index >= 15 is 9.59 Å². The molecule has 95 heavy (non-hydrogen) atoms. The number of thioether (sulfide) groups is 2. The second kappa shape index (κ2) is 37.6. The Balaban J connectivity index is 1.40. The van der Waals surface area contributed by atoms with Crippen molar-refractivity contribution in [1.82, 2.24) is 63.1 Å². The van der Waals surface area contributed by atoms with Crippen LogP contribution < -0.4 is 58.9 Å². The minimum absolute atomic E-state index is 0.0345. The number of aromatic nitrogens is 1. The van der Waals surface area contributed by atoms with Crippen LogP contribution in [-0.4, -0.2) is 206 Å². The lowest BCUT2D eigenvalue weighted by atomic mass is 10.0. The lowest BCUT2D eigenvalue weighted by Crippen LogP contribution is -2.61. The largest absolute Gasteiger partial charge is 0.508 e. The Kier molecular flexibility index (Phi) is 29.6. The molecule has 6 rings (SSSR count). The van der Waals surface area contributed by atoms with Crippen LogP contribution in [0.2, 0.25) is 0 Å². The molecular weight excluding hydrogens is 1270 g/mol. The Morgan fingerprint density at radius 1 is 0.737 bits per heavy atom. The van der Waals surface area contributed by atoms with Gasteiger partial charge in [-0.2, -0.15) is 11.8 Å². The van der Waals surface area contributed by atoms with Crippen molar-refractivity contribution in [1.29, 1.82) is 0 Å². The zero-order chi connectivity index (χ0) is 69.1. The molecule has 0 unspecified atom stereocenters. The summed E-state index contributed by atoms with van der Waals surface area (Å²) in [5.41, 5.74) is 8.11. The van der Waals surface area contributed by atoms with E-state index in [2.05, 4.69) is 58.2 Å². The Morgan fingerprint density at radius 3 is 2.00 bits per heavy atom. The molecule has 3 aromatic carbocycles. The summed E-state index contributed by atoms with van der Waals surface area (Å²) in [6, 6.07) is 6.30. The highest BCUT2D eigenvalue weighted by molar-refractivity contribution is 8.00. The number of likely N-dealkylation sites (tertiary alicyclic amines) is 1. The number of carboxylic acids is 2. The molecule has 0 aliphatic carbocycles. The first kappa shape index (κ1) is 74.8. The number of hydrogen-bond donors (Lipinski definition) is 15. The van der Waals surface area contributed by atoms with Gasteiger partial charge in [0, 0.05) is 55.2 Å². The van der Waals surface area contributed by atoms with E-state index in [0.717, 1.165) is 11.8 Å². The van der Waals surface area contributed by atoms with Crippen molar-refractivity contribution in [3.8, 4) is 5.75 Å². The fraction of sp³-hybridized carbons (Fsp3) is 0.484. The summed E-state index contributed by atoms with van der Waals surface area (Å²) in [6.45, 7) is 2.83. The summed E-state index contributed by atoms with van der Waals surface area (Å²) in [7, 11) is 0. The third-order valence-electron chi connectivity index (χ3n) is 16.0. The van der Waals surface area contributed by atoms with Crippen molar-refractivity contribution >= 4 is 112 Å². The number of phenols is 1.